The highest BCUT2D eigenvalue weighted by Crippen LogP contribution is 2.18. The molecule has 1 heterocycles. The Bertz CT molecular complexity index is 714. The topological polar surface area (TPSA) is 4.93 Å². The summed E-state index contributed by atoms with van der Waals surface area (Å²) < 4.78 is 2.23. The predicted molar refractivity (Wildman–Crippen MR) is 75.4 cm³/mol. The zero-order valence-electron chi connectivity index (χ0n) is 10.0. The van der Waals surface area contributed by atoms with Gasteiger partial charge in [-0.05, 0) is 29.1 Å². The summed E-state index contributed by atoms with van der Waals surface area (Å²) in [6.07, 6.45) is 7.56. The van der Waals surface area contributed by atoms with Crippen molar-refractivity contribution in [3.8, 4) is 12.3 Å². The maximum Gasteiger partial charge on any atom is 0.0495 e. The molecule has 2 aromatic carbocycles. The van der Waals surface area contributed by atoms with Crippen LogP contribution in [0.1, 0.15) is 11.1 Å². The van der Waals surface area contributed by atoms with Crippen molar-refractivity contribution in [3.63, 3.8) is 0 Å². The molecular weight excluding hydrogens is 218 g/mol. The van der Waals surface area contributed by atoms with Gasteiger partial charge in [0.15, 0.2) is 0 Å². The lowest BCUT2D eigenvalue weighted by Crippen LogP contribution is -1.97. The Labute approximate surface area is 107 Å². The summed E-state index contributed by atoms with van der Waals surface area (Å²) in [5.74, 6) is 2.69. The van der Waals surface area contributed by atoms with Gasteiger partial charge in [-0.15, -0.1) is 6.42 Å². The number of nitrogens with zero attached hydrogens (tertiary/aromatic N) is 1. The van der Waals surface area contributed by atoms with E-state index in [1.807, 2.05) is 12.1 Å². The van der Waals surface area contributed by atoms with E-state index >= 15 is 0 Å². The molecule has 0 aliphatic carbocycles. The molecule has 1 aromatic heterocycles. The van der Waals surface area contributed by atoms with Crippen LogP contribution in [0, 0.1) is 12.3 Å². The van der Waals surface area contributed by atoms with Crippen molar-refractivity contribution in [3.05, 3.63) is 71.9 Å². The van der Waals surface area contributed by atoms with Gasteiger partial charge in [-0.25, -0.2) is 0 Å². The number of aromatic nitrogens is 1. The Morgan fingerprint density at radius 2 is 1.83 bits per heavy atom. The molecule has 0 aliphatic heterocycles. The van der Waals surface area contributed by atoms with E-state index in [1.165, 1.54) is 16.5 Å². The van der Waals surface area contributed by atoms with E-state index < -0.39 is 0 Å². The van der Waals surface area contributed by atoms with Gasteiger partial charge in [0.25, 0.3) is 0 Å². The molecule has 0 unspecified atom stereocenters. The third kappa shape index (κ3) is 1.89. The highest BCUT2D eigenvalue weighted by molar-refractivity contribution is 5.81. The third-order valence-corrected chi connectivity index (χ3v) is 3.14. The standard InChI is InChI=1S/C17H13N/c1-2-14-8-9-16-10-11-18(17(16)12-14)13-15-6-4-3-5-7-15/h1,3-12H,13H2. The number of hydrogen-bond acceptors (Lipinski definition) is 0. The van der Waals surface area contributed by atoms with Crippen LogP contribution in [0.5, 0.6) is 0 Å². The zero-order chi connectivity index (χ0) is 12.4. The van der Waals surface area contributed by atoms with E-state index in [4.69, 9.17) is 6.42 Å². The number of rotatable bonds is 2. The molecule has 86 valence electrons. The first kappa shape index (κ1) is 10.7. The summed E-state index contributed by atoms with van der Waals surface area (Å²) in [5.41, 5.74) is 3.41. The molecule has 3 aromatic rings. The molecule has 1 heteroatoms. The Kier molecular flexibility index (Phi) is 2.63. The fourth-order valence-corrected chi connectivity index (χ4v) is 2.19. The van der Waals surface area contributed by atoms with Gasteiger partial charge in [-0.2, -0.15) is 0 Å². The van der Waals surface area contributed by atoms with Gasteiger partial charge in [0.05, 0.1) is 0 Å². The Morgan fingerprint density at radius 3 is 2.61 bits per heavy atom. The van der Waals surface area contributed by atoms with E-state index in [0.29, 0.717) is 0 Å². The molecule has 0 bridgehead atoms. The van der Waals surface area contributed by atoms with Crippen LogP contribution in [-0.2, 0) is 6.54 Å². The maximum absolute atomic E-state index is 5.45. The van der Waals surface area contributed by atoms with Crippen molar-refractivity contribution in [1.82, 2.24) is 4.57 Å². The first-order chi connectivity index (χ1) is 8.86. The number of benzene rings is 2. The number of fused-ring (bicyclic) bond motifs is 1. The quantitative estimate of drug-likeness (QED) is 0.593. The van der Waals surface area contributed by atoms with Gasteiger partial charge in [-0.1, -0.05) is 42.3 Å². The molecule has 0 amide bonds. The Morgan fingerprint density at radius 1 is 1.00 bits per heavy atom. The Hall–Kier alpha value is -2.46. The van der Waals surface area contributed by atoms with Crippen LogP contribution < -0.4 is 0 Å². The molecule has 0 saturated heterocycles. The molecule has 0 N–H and O–H groups in total. The van der Waals surface area contributed by atoms with E-state index in [2.05, 4.69) is 59.1 Å². The van der Waals surface area contributed by atoms with Crippen LogP contribution in [-0.4, -0.2) is 4.57 Å². The summed E-state index contributed by atoms with van der Waals surface area (Å²) in [4.78, 5) is 0. The monoisotopic (exact) mass is 231 g/mol. The molecule has 0 atom stereocenters. The molecule has 0 aliphatic rings. The minimum atomic E-state index is 0.873. The summed E-state index contributed by atoms with van der Waals surface area (Å²) in [5, 5.41) is 1.23. The third-order valence-electron chi connectivity index (χ3n) is 3.14. The first-order valence-electron chi connectivity index (χ1n) is 5.96. The van der Waals surface area contributed by atoms with Crippen molar-refractivity contribution in [1.29, 1.82) is 0 Å². The van der Waals surface area contributed by atoms with E-state index in [9.17, 15) is 0 Å². The summed E-state index contributed by atoms with van der Waals surface area (Å²) in [7, 11) is 0. The van der Waals surface area contributed by atoms with Gasteiger partial charge in [0.2, 0.25) is 0 Å². The minimum absolute atomic E-state index is 0.873. The average Bonchev–Trinajstić information content (AvgIpc) is 2.82. The van der Waals surface area contributed by atoms with Crippen LogP contribution >= 0.6 is 0 Å². The molecule has 1 nitrogen and oxygen atoms in total. The normalized spacial score (nSPS) is 10.4. The van der Waals surface area contributed by atoms with Crippen LogP contribution in [0.15, 0.2) is 60.8 Å². The maximum atomic E-state index is 5.45. The van der Waals surface area contributed by atoms with Crippen molar-refractivity contribution >= 4 is 10.9 Å². The predicted octanol–water partition coefficient (Wildman–Crippen LogP) is 3.67. The van der Waals surface area contributed by atoms with Gasteiger partial charge in [-0.3, -0.25) is 0 Å². The van der Waals surface area contributed by atoms with Crippen LogP contribution in [0.3, 0.4) is 0 Å². The highest BCUT2D eigenvalue weighted by atomic mass is 14.9. The van der Waals surface area contributed by atoms with Crippen LogP contribution in [0.4, 0.5) is 0 Å². The summed E-state index contributed by atoms with van der Waals surface area (Å²) >= 11 is 0. The molecule has 0 spiro atoms. The molecule has 0 saturated carbocycles. The lowest BCUT2D eigenvalue weighted by Gasteiger charge is -2.05. The fraction of sp³-hybridized carbons (Fsp3) is 0.0588. The van der Waals surface area contributed by atoms with Crippen molar-refractivity contribution in [2.45, 2.75) is 6.54 Å². The van der Waals surface area contributed by atoms with Gasteiger partial charge >= 0.3 is 0 Å². The van der Waals surface area contributed by atoms with E-state index in [-0.39, 0.29) is 0 Å². The molecular formula is C17H13N. The van der Waals surface area contributed by atoms with Crippen molar-refractivity contribution in [2.24, 2.45) is 0 Å². The first-order valence-corrected chi connectivity index (χ1v) is 5.96. The van der Waals surface area contributed by atoms with Crippen LogP contribution in [0.25, 0.3) is 10.9 Å². The SMILES string of the molecule is C#Cc1ccc2ccn(Cc3ccccc3)c2c1. The molecule has 0 radical (unpaired) electrons. The van der Waals surface area contributed by atoms with Crippen LogP contribution in [0.2, 0.25) is 0 Å². The second-order valence-corrected chi connectivity index (χ2v) is 4.35. The zero-order valence-corrected chi connectivity index (χ0v) is 10.0. The second kappa shape index (κ2) is 4.43. The average molecular weight is 231 g/mol. The van der Waals surface area contributed by atoms with Crippen molar-refractivity contribution in [2.75, 3.05) is 0 Å². The van der Waals surface area contributed by atoms with E-state index in [0.717, 1.165) is 12.1 Å². The van der Waals surface area contributed by atoms with Gasteiger partial charge in [0.1, 0.15) is 0 Å². The largest absolute Gasteiger partial charge is 0.343 e. The molecule has 3 rings (SSSR count). The van der Waals surface area contributed by atoms with Gasteiger partial charge in [0, 0.05) is 23.8 Å². The lowest BCUT2D eigenvalue weighted by atomic mass is 10.1. The van der Waals surface area contributed by atoms with Crippen molar-refractivity contribution < 1.29 is 0 Å². The summed E-state index contributed by atoms with van der Waals surface area (Å²) in [6.45, 7) is 0.873. The second-order valence-electron chi connectivity index (χ2n) is 4.35. The fourth-order valence-electron chi connectivity index (χ4n) is 2.19. The van der Waals surface area contributed by atoms with E-state index in [1.54, 1.807) is 0 Å². The highest BCUT2D eigenvalue weighted by Gasteiger charge is 2.02. The smallest absolute Gasteiger partial charge is 0.0495 e. The number of terminal acetylenes is 1. The summed E-state index contributed by atoms with van der Waals surface area (Å²) in [6, 6.07) is 18.7. The molecule has 0 fully saturated rings. The van der Waals surface area contributed by atoms with Gasteiger partial charge < -0.3 is 4.57 Å². The lowest BCUT2D eigenvalue weighted by molar-refractivity contribution is 0.837. The number of hydrogen-bond donors (Lipinski definition) is 0. The Balaban J connectivity index is 2.05. The minimum Gasteiger partial charge on any atom is -0.343 e. The molecule has 18 heavy (non-hydrogen) atoms.